The predicted octanol–water partition coefficient (Wildman–Crippen LogP) is -0.811. The monoisotopic (exact) mass is 1580 g/mol. The maximum absolute atomic E-state index is 15.1. The normalized spacial score (nSPS) is 22.9. The van der Waals surface area contributed by atoms with Crippen LogP contribution in [0.2, 0.25) is 0 Å². The molecule has 1 fully saturated rings. The van der Waals surface area contributed by atoms with Gasteiger partial charge in [0.25, 0.3) is 0 Å². The summed E-state index contributed by atoms with van der Waals surface area (Å²) >= 11 is 0. The lowest BCUT2D eigenvalue weighted by atomic mass is 9.98. The number of guanidine groups is 2. The lowest BCUT2D eigenvalue weighted by Gasteiger charge is -2.30. The fourth-order valence-electron chi connectivity index (χ4n) is 12.7. The summed E-state index contributed by atoms with van der Waals surface area (Å²) in [4.78, 5) is 188. The predicted molar refractivity (Wildman–Crippen MR) is 432 cm³/mol. The minimum atomic E-state index is -1.54. The molecule has 12 atom stereocenters. The highest BCUT2D eigenvalue weighted by Crippen LogP contribution is 2.19. The molecule has 0 aliphatic carbocycles. The van der Waals surface area contributed by atoms with E-state index in [1.807, 2.05) is 0 Å². The Morgan fingerprint density at radius 3 is 0.798 bits per heavy atom. The molecule has 0 spiro atoms. The first kappa shape index (κ1) is 93.2. The third kappa shape index (κ3) is 32.7. The molecule has 1 aliphatic heterocycles. The smallest absolute Gasteiger partial charge is 0.243 e. The van der Waals surface area contributed by atoms with Crippen molar-refractivity contribution in [1.29, 1.82) is 0 Å². The molecule has 26 N–H and O–H groups in total. The minimum Gasteiger partial charge on any atom is -0.508 e. The summed E-state index contributed by atoms with van der Waals surface area (Å²) in [7, 11) is 0. The first-order valence-corrected chi connectivity index (χ1v) is 38.9. The van der Waals surface area contributed by atoms with Crippen LogP contribution in [0.4, 0.5) is 0 Å². The first-order valence-electron chi connectivity index (χ1n) is 38.9. The number of nitrogens with two attached hydrogens (primary N) is 6. The highest BCUT2D eigenvalue weighted by atomic mass is 16.3. The fraction of sp³-hybridized carbons (Fsp3) is 0.525. The number of phenolic OH excluding ortho intramolecular Hbond substituents is 2. The third-order valence-corrected chi connectivity index (χ3v) is 18.8. The molecule has 5 rings (SSSR count). The SMILES string of the molecule is CC(C)C[C@@H]1NC(=O)[C@H](CCCN)NC(=O)[C@H](C(C)C)NC(=O)[C@@H](Cc2ccc(O)cc2)NC(=O)[C@H](CCCN=C(N)N)NC(=O)[C@@H](Cc2ccccc2)NC(=O)[C@H](CC(C)C)NC(=O)[C@H](CCCN)NC(=O)[C@H](C(C)C)NC(=O)[C@@H](Cc2ccc(O)cc2)NC(=O)[C@H](CCCN=C(N)N)NC(=O)[C@@H](Cc2ccccc2)NC1=O. The van der Waals surface area contributed by atoms with Crippen LogP contribution in [0, 0.1) is 23.7 Å². The van der Waals surface area contributed by atoms with Crippen molar-refractivity contribution in [2.45, 2.75) is 218 Å². The maximum Gasteiger partial charge on any atom is 0.243 e. The van der Waals surface area contributed by atoms with Gasteiger partial charge < -0.3 is 108 Å². The van der Waals surface area contributed by atoms with Crippen LogP contribution in [0.3, 0.4) is 0 Å². The number of aromatic hydroxyl groups is 2. The van der Waals surface area contributed by atoms with E-state index in [1.165, 1.54) is 48.5 Å². The quantitative estimate of drug-likeness (QED) is 0.0188. The van der Waals surface area contributed by atoms with Gasteiger partial charge in [0.15, 0.2) is 11.9 Å². The van der Waals surface area contributed by atoms with Crippen molar-refractivity contribution in [1.82, 2.24) is 63.8 Å². The third-order valence-electron chi connectivity index (χ3n) is 18.8. The fourth-order valence-corrected chi connectivity index (χ4v) is 12.7. The summed E-state index contributed by atoms with van der Waals surface area (Å²) in [5.41, 5.74) is 36.7. The van der Waals surface area contributed by atoms with E-state index in [4.69, 9.17) is 34.4 Å². The first-order chi connectivity index (χ1) is 54.1. The summed E-state index contributed by atoms with van der Waals surface area (Å²) in [5.74, 6) is -13.2. The van der Waals surface area contributed by atoms with Gasteiger partial charge in [0, 0.05) is 38.8 Å². The number of benzene rings is 4. The van der Waals surface area contributed by atoms with Crippen LogP contribution in [0.1, 0.15) is 142 Å². The molecule has 34 nitrogen and oxygen atoms in total. The van der Waals surface area contributed by atoms with Gasteiger partial charge in [-0.25, -0.2) is 0 Å². The molecule has 12 amide bonds. The zero-order valence-corrected chi connectivity index (χ0v) is 66.5. The Morgan fingerprint density at radius 1 is 0.307 bits per heavy atom. The number of amides is 12. The average molecular weight is 1590 g/mol. The molecule has 0 radical (unpaired) electrons. The van der Waals surface area contributed by atoms with Gasteiger partial charge >= 0.3 is 0 Å². The summed E-state index contributed by atoms with van der Waals surface area (Å²) in [5, 5.41) is 53.9. The van der Waals surface area contributed by atoms with Crippen molar-refractivity contribution >= 4 is 82.8 Å². The van der Waals surface area contributed by atoms with Gasteiger partial charge in [-0.05, 0) is 147 Å². The molecule has 0 aromatic heterocycles. The van der Waals surface area contributed by atoms with E-state index in [1.54, 1.807) is 116 Å². The van der Waals surface area contributed by atoms with Crippen molar-refractivity contribution in [3.05, 3.63) is 131 Å². The second-order valence-electron chi connectivity index (χ2n) is 30.2. The van der Waals surface area contributed by atoms with Crippen molar-refractivity contribution in [3.8, 4) is 11.5 Å². The van der Waals surface area contributed by atoms with Crippen LogP contribution in [0.25, 0.3) is 0 Å². The zero-order chi connectivity index (χ0) is 84.1. The molecule has 114 heavy (non-hydrogen) atoms. The maximum atomic E-state index is 15.1. The van der Waals surface area contributed by atoms with Crippen LogP contribution < -0.4 is 98.2 Å². The van der Waals surface area contributed by atoms with Gasteiger partial charge in [-0.15, -0.1) is 0 Å². The highest BCUT2D eigenvalue weighted by molar-refractivity contribution is 6.00. The summed E-state index contributed by atoms with van der Waals surface area (Å²) < 4.78 is 0. The second-order valence-corrected chi connectivity index (χ2v) is 30.2. The number of hydrogen-bond donors (Lipinski definition) is 20. The van der Waals surface area contributed by atoms with E-state index >= 15 is 38.4 Å². The molecule has 0 bridgehead atoms. The van der Waals surface area contributed by atoms with Gasteiger partial charge in [-0.1, -0.05) is 140 Å². The largest absolute Gasteiger partial charge is 0.508 e. The van der Waals surface area contributed by atoms with Crippen molar-refractivity contribution in [2.75, 3.05) is 26.2 Å². The Labute approximate surface area is 666 Å². The average Bonchev–Trinajstić information content (AvgIpc) is 0.845. The topological polar surface area (TPSA) is 570 Å². The van der Waals surface area contributed by atoms with E-state index in [-0.39, 0.29) is 151 Å². The van der Waals surface area contributed by atoms with Crippen molar-refractivity contribution in [2.24, 2.45) is 68.1 Å². The van der Waals surface area contributed by atoms with Gasteiger partial charge in [0.05, 0.1) is 0 Å². The van der Waals surface area contributed by atoms with E-state index < -0.39 is 155 Å². The molecule has 1 saturated heterocycles. The lowest BCUT2D eigenvalue weighted by Crippen LogP contribution is -2.62. The Kier molecular flexibility index (Phi) is 39.1. The van der Waals surface area contributed by atoms with E-state index in [2.05, 4.69) is 73.8 Å². The molecule has 0 unspecified atom stereocenters. The highest BCUT2D eigenvalue weighted by Gasteiger charge is 2.39. The molecular formula is C80H120N20O14. The standard InChI is InChI=1S/C80H120N20O14/c1-45(2)39-59-71(107)97-61(41-49-19-11-9-12-20-49)73(109)89-57(25-17-37-87-79(83)84)69(105)95-64(44-52-29-33-54(102)34-30-52)76(112)100-66(48(7)8)78(114)92-56(24-16-36-82)68(104)94-60(40-46(3)4)72(108)98-62(42-50-21-13-10-14-22-50)74(110)90-58(26-18-38-88-80(85)86)70(106)96-63(43-51-27-31-53(101)32-28-51)75(111)99-65(47(5)6)77(113)91-55(23-15-35-81)67(103)93-59/h9-14,19-22,27-34,45-48,55-66,101-102H,15-18,23-26,35-44,81-82H2,1-8H3,(H,89,109)(H,90,110)(H,91,113)(H,92,114)(H,93,103)(H,94,104)(H,95,105)(H,96,106)(H,97,107)(H,98,108)(H,99,111)(H,100,112)(H4,83,84,87)(H4,85,86,88)/t55-,56-,57-,58-,59-,60-,61+,62+,63+,64+,65-,66-/m0/s1. The molecule has 1 aliphatic rings. The van der Waals surface area contributed by atoms with Crippen LogP contribution >= 0.6 is 0 Å². The Morgan fingerprint density at radius 2 is 0.535 bits per heavy atom. The number of rotatable bonds is 28. The number of carbonyl (C=O) groups is 12. The number of nitrogens with one attached hydrogen (secondary N) is 12. The molecule has 1 heterocycles. The number of carbonyl (C=O) groups excluding carboxylic acids is 12. The minimum absolute atomic E-state index is 0.0120. The Balaban J connectivity index is 1.72. The zero-order valence-electron chi connectivity index (χ0n) is 66.5. The van der Waals surface area contributed by atoms with Crippen LogP contribution in [-0.2, 0) is 83.2 Å². The van der Waals surface area contributed by atoms with Crippen LogP contribution in [-0.4, -0.2) is 192 Å². The van der Waals surface area contributed by atoms with Gasteiger partial charge in [-0.3, -0.25) is 67.5 Å². The van der Waals surface area contributed by atoms with Crippen LogP contribution in [0.5, 0.6) is 11.5 Å². The summed E-state index contributed by atoms with van der Waals surface area (Å²) in [6.45, 7) is 13.7. The van der Waals surface area contributed by atoms with Crippen molar-refractivity contribution < 1.29 is 67.7 Å². The molecular weight excluding hydrogens is 1470 g/mol. The molecule has 4 aromatic rings. The summed E-state index contributed by atoms with van der Waals surface area (Å²) in [6.07, 6.45) is -0.843. The Bertz CT molecular complexity index is 3610. The second kappa shape index (κ2) is 47.8. The van der Waals surface area contributed by atoms with Gasteiger partial charge in [-0.2, -0.15) is 0 Å². The molecule has 34 heteroatoms. The lowest BCUT2D eigenvalue weighted by molar-refractivity contribution is -0.137. The number of nitrogens with zero attached hydrogens (tertiary/aromatic N) is 2. The molecule has 0 saturated carbocycles. The number of phenols is 2. The Hall–Kier alpha value is -11.4. The van der Waals surface area contributed by atoms with E-state index in [9.17, 15) is 29.4 Å². The van der Waals surface area contributed by atoms with Gasteiger partial charge in [0.2, 0.25) is 70.9 Å². The van der Waals surface area contributed by atoms with E-state index in [0.29, 0.717) is 22.3 Å². The van der Waals surface area contributed by atoms with Crippen molar-refractivity contribution in [3.63, 3.8) is 0 Å². The molecule has 624 valence electrons. The summed E-state index contributed by atoms with van der Waals surface area (Å²) in [6, 6.07) is 11.2. The van der Waals surface area contributed by atoms with Crippen LogP contribution in [0.15, 0.2) is 119 Å². The number of aliphatic imine (C=N–C) groups is 2. The van der Waals surface area contributed by atoms with Gasteiger partial charge in [0.1, 0.15) is 84.0 Å². The number of hydrogen-bond acceptors (Lipinski definition) is 18. The van der Waals surface area contributed by atoms with E-state index in [0.717, 1.165) is 0 Å². The molecule has 4 aromatic carbocycles.